The Hall–Kier alpha value is -2.48. The maximum absolute atomic E-state index is 12.5. The molecule has 8 heteroatoms. The summed E-state index contributed by atoms with van der Waals surface area (Å²) >= 11 is 0. The third-order valence-corrected chi connectivity index (χ3v) is 4.83. The number of hydrogen-bond acceptors (Lipinski definition) is 6. The predicted molar refractivity (Wildman–Crippen MR) is 106 cm³/mol. The van der Waals surface area contributed by atoms with Crippen molar-refractivity contribution in [2.75, 3.05) is 53.5 Å². The van der Waals surface area contributed by atoms with Gasteiger partial charge in [-0.3, -0.25) is 14.5 Å². The molecule has 0 saturated carbocycles. The van der Waals surface area contributed by atoms with Crippen LogP contribution < -0.4 is 14.8 Å². The van der Waals surface area contributed by atoms with Crippen molar-refractivity contribution in [2.24, 2.45) is 0 Å². The molecule has 2 rings (SSSR count). The average Bonchev–Trinajstić information content (AvgIpc) is 2.71. The molecule has 0 radical (unpaired) electrons. The van der Waals surface area contributed by atoms with E-state index in [1.807, 2.05) is 11.8 Å². The summed E-state index contributed by atoms with van der Waals surface area (Å²) in [5.41, 5.74) is 0.867. The molecule has 0 unspecified atom stereocenters. The number of hydrogen-bond donors (Lipinski definition) is 2. The molecule has 1 saturated heterocycles. The van der Waals surface area contributed by atoms with Gasteiger partial charge in [-0.15, -0.1) is 0 Å². The summed E-state index contributed by atoms with van der Waals surface area (Å²) in [5.74, 6) is 0.741. The fraction of sp³-hybridized carbons (Fsp3) is 0.600. The van der Waals surface area contributed by atoms with Gasteiger partial charge in [0.15, 0.2) is 11.5 Å². The minimum atomic E-state index is -0.0424. The molecule has 8 nitrogen and oxygen atoms in total. The van der Waals surface area contributed by atoms with Gasteiger partial charge in [0.25, 0.3) is 0 Å². The third kappa shape index (κ3) is 6.02. The van der Waals surface area contributed by atoms with E-state index < -0.39 is 0 Å². The van der Waals surface area contributed by atoms with E-state index in [1.54, 1.807) is 12.1 Å². The topological polar surface area (TPSA) is 91.3 Å². The van der Waals surface area contributed by atoms with Gasteiger partial charge >= 0.3 is 0 Å². The summed E-state index contributed by atoms with van der Waals surface area (Å²) in [6, 6.07) is 3.44. The lowest BCUT2D eigenvalue weighted by molar-refractivity contribution is -0.133. The van der Waals surface area contributed by atoms with Crippen LogP contribution in [-0.4, -0.2) is 80.2 Å². The monoisotopic (exact) mass is 393 g/mol. The van der Waals surface area contributed by atoms with Crippen LogP contribution in [0.1, 0.15) is 25.3 Å². The molecule has 0 aliphatic carbocycles. The SMILES string of the molecule is CCCNC(=O)CN1CCN(C(=O)CCc2cc(OC)c(O)c(OC)c2)CC1. The van der Waals surface area contributed by atoms with Gasteiger partial charge < -0.3 is 24.8 Å². The van der Waals surface area contributed by atoms with Crippen LogP contribution in [0, 0.1) is 0 Å². The van der Waals surface area contributed by atoms with Crippen LogP contribution in [0.2, 0.25) is 0 Å². The van der Waals surface area contributed by atoms with E-state index in [0.717, 1.165) is 12.0 Å². The normalized spacial score (nSPS) is 14.6. The fourth-order valence-corrected chi connectivity index (χ4v) is 3.18. The highest BCUT2D eigenvalue weighted by atomic mass is 16.5. The number of nitrogens with zero attached hydrogens (tertiary/aromatic N) is 2. The Kier molecular flexibility index (Phi) is 8.38. The Morgan fingerprint density at radius 3 is 2.25 bits per heavy atom. The highest BCUT2D eigenvalue weighted by Gasteiger charge is 2.22. The highest BCUT2D eigenvalue weighted by Crippen LogP contribution is 2.37. The number of nitrogens with one attached hydrogen (secondary N) is 1. The van der Waals surface area contributed by atoms with E-state index in [9.17, 15) is 14.7 Å². The molecule has 1 aliphatic rings. The highest BCUT2D eigenvalue weighted by molar-refractivity contribution is 5.78. The zero-order chi connectivity index (χ0) is 20.5. The minimum absolute atomic E-state index is 0.0388. The summed E-state index contributed by atoms with van der Waals surface area (Å²) < 4.78 is 10.3. The zero-order valence-electron chi connectivity index (χ0n) is 17.0. The molecule has 0 spiro atoms. The van der Waals surface area contributed by atoms with Gasteiger partial charge in [-0.2, -0.15) is 0 Å². The Morgan fingerprint density at radius 1 is 1.11 bits per heavy atom. The van der Waals surface area contributed by atoms with Crippen molar-refractivity contribution in [1.82, 2.24) is 15.1 Å². The molecule has 1 fully saturated rings. The van der Waals surface area contributed by atoms with Gasteiger partial charge in [0.05, 0.1) is 20.8 Å². The average molecular weight is 393 g/mol. The molecule has 156 valence electrons. The fourth-order valence-electron chi connectivity index (χ4n) is 3.18. The zero-order valence-corrected chi connectivity index (χ0v) is 17.0. The molecule has 1 aliphatic heterocycles. The number of ether oxygens (including phenoxy) is 2. The Balaban J connectivity index is 1.81. The number of phenols is 1. The quantitative estimate of drug-likeness (QED) is 0.651. The minimum Gasteiger partial charge on any atom is -0.502 e. The molecule has 2 amide bonds. The van der Waals surface area contributed by atoms with Crippen molar-refractivity contribution in [1.29, 1.82) is 0 Å². The number of rotatable bonds is 9. The van der Waals surface area contributed by atoms with Crippen LogP contribution in [0.4, 0.5) is 0 Å². The second-order valence-electron chi connectivity index (χ2n) is 6.86. The molecule has 0 aromatic heterocycles. The number of piperazine rings is 1. The number of aryl methyl sites for hydroxylation is 1. The largest absolute Gasteiger partial charge is 0.502 e. The van der Waals surface area contributed by atoms with Gasteiger partial charge in [0, 0.05) is 39.1 Å². The molecule has 1 aromatic rings. The van der Waals surface area contributed by atoms with Crippen LogP contribution >= 0.6 is 0 Å². The van der Waals surface area contributed by atoms with Crippen molar-refractivity contribution < 1.29 is 24.2 Å². The lowest BCUT2D eigenvalue weighted by Crippen LogP contribution is -2.51. The summed E-state index contributed by atoms with van der Waals surface area (Å²) in [6.07, 6.45) is 1.83. The lowest BCUT2D eigenvalue weighted by atomic mass is 10.1. The summed E-state index contributed by atoms with van der Waals surface area (Å²) in [5, 5.41) is 12.8. The number of carbonyl (C=O) groups is 2. The van der Waals surface area contributed by atoms with Gasteiger partial charge in [0.2, 0.25) is 17.6 Å². The molecule has 1 aromatic carbocycles. The lowest BCUT2D eigenvalue weighted by Gasteiger charge is -2.34. The van der Waals surface area contributed by atoms with Gasteiger partial charge in [-0.1, -0.05) is 6.92 Å². The maximum Gasteiger partial charge on any atom is 0.234 e. The van der Waals surface area contributed by atoms with E-state index in [2.05, 4.69) is 10.2 Å². The molecule has 0 atom stereocenters. The van der Waals surface area contributed by atoms with Crippen molar-refractivity contribution >= 4 is 11.8 Å². The van der Waals surface area contributed by atoms with Crippen LogP contribution in [0.25, 0.3) is 0 Å². The maximum atomic E-state index is 12.5. The third-order valence-electron chi connectivity index (χ3n) is 4.83. The molecular weight excluding hydrogens is 362 g/mol. The number of methoxy groups -OCH3 is 2. The summed E-state index contributed by atoms with van der Waals surface area (Å²) in [6.45, 7) is 5.76. The number of carbonyl (C=O) groups excluding carboxylic acids is 2. The van der Waals surface area contributed by atoms with Gasteiger partial charge in [-0.05, 0) is 30.5 Å². The van der Waals surface area contributed by atoms with Crippen molar-refractivity contribution in [2.45, 2.75) is 26.2 Å². The molecule has 2 N–H and O–H groups in total. The van der Waals surface area contributed by atoms with E-state index >= 15 is 0 Å². The van der Waals surface area contributed by atoms with Gasteiger partial charge in [-0.25, -0.2) is 0 Å². The Labute approximate surface area is 166 Å². The van der Waals surface area contributed by atoms with E-state index in [-0.39, 0.29) is 17.6 Å². The van der Waals surface area contributed by atoms with E-state index in [4.69, 9.17) is 9.47 Å². The first-order valence-corrected chi connectivity index (χ1v) is 9.69. The van der Waals surface area contributed by atoms with Crippen LogP contribution in [0.15, 0.2) is 12.1 Å². The predicted octanol–water partition coefficient (Wildman–Crippen LogP) is 1.01. The second-order valence-corrected chi connectivity index (χ2v) is 6.86. The standard InChI is InChI=1S/C20H31N3O5/c1-4-7-21-18(24)14-22-8-10-23(11-9-22)19(25)6-5-15-12-16(27-2)20(26)17(13-15)28-3/h12-13,26H,4-11,14H2,1-3H3,(H,21,24). The molecule has 1 heterocycles. The first-order valence-electron chi connectivity index (χ1n) is 9.69. The van der Waals surface area contributed by atoms with E-state index in [1.165, 1.54) is 14.2 Å². The molecule has 0 bridgehead atoms. The second kappa shape index (κ2) is 10.8. The molecule has 28 heavy (non-hydrogen) atoms. The number of amides is 2. The van der Waals surface area contributed by atoms with Crippen molar-refractivity contribution in [3.63, 3.8) is 0 Å². The van der Waals surface area contributed by atoms with Gasteiger partial charge in [0.1, 0.15) is 0 Å². The van der Waals surface area contributed by atoms with E-state index in [0.29, 0.717) is 63.6 Å². The first-order chi connectivity index (χ1) is 13.5. The number of benzene rings is 1. The van der Waals surface area contributed by atoms with Crippen LogP contribution in [0.3, 0.4) is 0 Å². The smallest absolute Gasteiger partial charge is 0.234 e. The van der Waals surface area contributed by atoms with Crippen molar-refractivity contribution in [3.05, 3.63) is 17.7 Å². The summed E-state index contributed by atoms with van der Waals surface area (Å²) in [4.78, 5) is 28.3. The Bertz CT molecular complexity index is 647. The Morgan fingerprint density at radius 2 is 1.71 bits per heavy atom. The number of phenolic OH excluding ortho intramolecular Hbond substituents is 1. The first kappa shape index (κ1) is 21.8. The number of aromatic hydroxyl groups is 1. The summed E-state index contributed by atoms with van der Waals surface area (Å²) in [7, 11) is 2.96. The van der Waals surface area contributed by atoms with Crippen molar-refractivity contribution in [3.8, 4) is 17.2 Å². The molecular formula is C20H31N3O5. The van der Waals surface area contributed by atoms with Crippen LogP contribution in [0.5, 0.6) is 17.2 Å². The van der Waals surface area contributed by atoms with Crippen LogP contribution in [-0.2, 0) is 16.0 Å².